The van der Waals surface area contributed by atoms with Crippen LogP contribution < -0.4 is 9.73 Å². The zero-order chi connectivity index (χ0) is 28.2. The smallest absolute Gasteiger partial charge is 0.264 e. The van der Waals surface area contributed by atoms with Crippen molar-refractivity contribution in [1.82, 2.24) is 9.99 Å². The highest BCUT2D eigenvalue weighted by atomic mass is 35.5. The molecule has 0 radical (unpaired) electrons. The summed E-state index contributed by atoms with van der Waals surface area (Å²) in [7, 11) is -4.00. The second-order valence-corrected chi connectivity index (χ2v) is 11.6. The van der Waals surface area contributed by atoms with Crippen molar-refractivity contribution in [3.05, 3.63) is 111 Å². The number of sulfonamides is 1. The molecule has 0 bridgehead atoms. The first kappa shape index (κ1) is 28.4. The number of halogens is 2. The molecule has 4 aromatic rings. The number of aryl methyl sites for hydroxylation is 2. The first-order valence-electron chi connectivity index (χ1n) is 12.2. The van der Waals surface area contributed by atoms with Gasteiger partial charge in [0.2, 0.25) is 0 Å². The van der Waals surface area contributed by atoms with E-state index in [2.05, 4.69) is 10.5 Å². The lowest BCUT2D eigenvalue weighted by molar-refractivity contribution is -0.119. The van der Waals surface area contributed by atoms with E-state index in [-0.39, 0.29) is 4.90 Å². The van der Waals surface area contributed by atoms with Crippen molar-refractivity contribution in [2.24, 2.45) is 5.10 Å². The highest BCUT2D eigenvalue weighted by Gasteiger charge is 2.27. The molecule has 1 aromatic heterocycles. The van der Waals surface area contributed by atoms with Gasteiger partial charge in [-0.3, -0.25) is 9.10 Å². The number of nitrogens with zero attached hydrogens (tertiary/aromatic N) is 3. The molecule has 39 heavy (non-hydrogen) atoms. The van der Waals surface area contributed by atoms with E-state index in [1.807, 2.05) is 49.6 Å². The summed E-state index contributed by atoms with van der Waals surface area (Å²) < 4.78 is 30.0. The van der Waals surface area contributed by atoms with Gasteiger partial charge in [0, 0.05) is 22.0 Å². The van der Waals surface area contributed by atoms with Crippen LogP contribution in [0.25, 0.3) is 5.69 Å². The van der Waals surface area contributed by atoms with E-state index in [9.17, 15) is 13.2 Å². The summed E-state index contributed by atoms with van der Waals surface area (Å²) in [5.74, 6) is -0.583. The Hall–Kier alpha value is -3.59. The molecule has 4 rings (SSSR count). The van der Waals surface area contributed by atoms with Crippen LogP contribution >= 0.6 is 23.2 Å². The monoisotopic (exact) mass is 582 g/mol. The number of carbonyl (C=O) groups is 1. The molecular formula is C29H28Cl2N4O3S. The summed E-state index contributed by atoms with van der Waals surface area (Å²) in [5.41, 5.74) is 7.23. The third-order valence-electron chi connectivity index (χ3n) is 6.26. The number of benzene rings is 3. The standard InChI is InChI=1S/C29H28Cl2N4O3S/c1-4-22-10-13-25(14-11-22)34(39(37,38)26-8-6-5-7-9-26)19-29(36)33-32-18-23-16-20(2)35(21(23)3)28-15-12-24(30)17-27(28)31/h5-18H,4,19H2,1-3H3,(H,33,36)/b32-18-. The van der Waals surface area contributed by atoms with Gasteiger partial charge >= 0.3 is 0 Å². The summed E-state index contributed by atoms with van der Waals surface area (Å²) in [5, 5.41) is 5.15. The van der Waals surface area contributed by atoms with E-state index in [0.29, 0.717) is 15.7 Å². The van der Waals surface area contributed by atoms with Gasteiger partial charge in [0.25, 0.3) is 15.9 Å². The minimum absolute atomic E-state index is 0.0918. The van der Waals surface area contributed by atoms with Crippen molar-refractivity contribution in [3.63, 3.8) is 0 Å². The van der Waals surface area contributed by atoms with Crippen LogP contribution in [-0.2, 0) is 21.2 Å². The topological polar surface area (TPSA) is 83.8 Å². The second-order valence-electron chi connectivity index (χ2n) is 8.90. The Bertz CT molecular complexity index is 1620. The van der Waals surface area contributed by atoms with Crippen molar-refractivity contribution in [2.75, 3.05) is 10.8 Å². The van der Waals surface area contributed by atoms with Gasteiger partial charge in [-0.1, -0.05) is 60.5 Å². The average Bonchev–Trinajstić information content (AvgIpc) is 3.20. The van der Waals surface area contributed by atoms with Crippen LogP contribution in [0, 0.1) is 13.8 Å². The van der Waals surface area contributed by atoms with Crippen molar-refractivity contribution < 1.29 is 13.2 Å². The van der Waals surface area contributed by atoms with Gasteiger partial charge in [-0.05, 0) is 74.4 Å². The lowest BCUT2D eigenvalue weighted by Gasteiger charge is -2.24. The van der Waals surface area contributed by atoms with Gasteiger partial charge in [0.05, 0.1) is 27.5 Å². The third kappa shape index (κ3) is 6.36. The number of anilines is 1. The molecule has 0 fully saturated rings. The van der Waals surface area contributed by atoms with Gasteiger partial charge in [-0.15, -0.1) is 0 Å². The Morgan fingerprint density at radius 3 is 2.33 bits per heavy atom. The minimum Gasteiger partial charge on any atom is -0.316 e. The van der Waals surface area contributed by atoms with E-state index in [4.69, 9.17) is 23.2 Å². The fourth-order valence-electron chi connectivity index (χ4n) is 4.22. The fraction of sp³-hybridized carbons (Fsp3) is 0.172. The van der Waals surface area contributed by atoms with Crippen LogP contribution in [-0.4, -0.2) is 31.7 Å². The first-order chi connectivity index (χ1) is 18.6. The van der Waals surface area contributed by atoms with Gasteiger partial charge in [0.1, 0.15) is 6.54 Å². The molecular weight excluding hydrogens is 555 g/mol. The van der Waals surface area contributed by atoms with Gasteiger partial charge < -0.3 is 4.57 Å². The maximum atomic E-state index is 13.5. The zero-order valence-corrected chi connectivity index (χ0v) is 24.1. The van der Waals surface area contributed by atoms with Gasteiger partial charge in [0.15, 0.2) is 0 Å². The molecule has 0 aliphatic rings. The molecule has 1 N–H and O–H groups in total. The summed E-state index contributed by atoms with van der Waals surface area (Å²) in [4.78, 5) is 13.0. The molecule has 0 saturated carbocycles. The Morgan fingerprint density at radius 2 is 1.69 bits per heavy atom. The van der Waals surface area contributed by atoms with E-state index in [0.717, 1.165) is 38.9 Å². The molecule has 1 heterocycles. The lowest BCUT2D eigenvalue weighted by Crippen LogP contribution is -2.39. The van der Waals surface area contributed by atoms with Crippen molar-refractivity contribution >= 4 is 51.0 Å². The highest BCUT2D eigenvalue weighted by Crippen LogP contribution is 2.28. The third-order valence-corrected chi connectivity index (χ3v) is 8.59. The maximum absolute atomic E-state index is 13.5. The van der Waals surface area contributed by atoms with Crippen LogP contribution in [0.5, 0.6) is 0 Å². The fourth-order valence-corrected chi connectivity index (χ4v) is 6.16. The van der Waals surface area contributed by atoms with Crippen LogP contribution in [0.4, 0.5) is 5.69 Å². The molecule has 10 heteroatoms. The molecule has 0 atom stereocenters. The molecule has 0 unspecified atom stereocenters. The minimum atomic E-state index is -4.00. The maximum Gasteiger partial charge on any atom is 0.264 e. The van der Waals surface area contributed by atoms with E-state index >= 15 is 0 Å². The number of amides is 1. The molecule has 0 spiro atoms. The van der Waals surface area contributed by atoms with Crippen LogP contribution in [0.3, 0.4) is 0 Å². The van der Waals surface area contributed by atoms with Crippen molar-refractivity contribution in [1.29, 1.82) is 0 Å². The normalized spacial score (nSPS) is 11.6. The van der Waals surface area contributed by atoms with Gasteiger partial charge in [-0.2, -0.15) is 5.10 Å². The Labute approximate surface area is 238 Å². The summed E-state index contributed by atoms with van der Waals surface area (Å²) in [6, 6.07) is 22.3. The summed E-state index contributed by atoms with van der Waals surface area (Å²) >= 11 is 12.5. The number of hydrogen-bond donors (Lipinski definition) is 1. The van der Waals surface area contributed by atoms with Crippen LogP contribution in [0.2, 0.25) is 10.0 Å². The Kier molecular flexibility index (Phi) is 8.80. The van der Waals surface area contributed by atoms with Gasteiger partial charge in [-0.25, -0.2) is 13.8 Å². The molecule has 1 amide bonds. The SMILES string of the molecule is CCc1ccc(N(CC(=O)N/N=C\c2cc(C)n(-c3ccc(Cl)cc3Cl)c2C)S(=O)(=O)c2ccccc2)cc1. The quantitative estimate of drug-likeness (QED) is 0.185. The number of rotatable bonds is 9. The summed E-state index contributed by atoms with van der Waals surface area (Å²) in [6.45, 7) is 5.42. The number of nitrogens with one attached hydrogen (secondary N) is 1. The largest absolute Gasteiger partial charge is 0.316 e. The van der Waals surface area contributed by atoms with E-state index in [1.54, 1.807) is 42.5 Å². The van der Waals surface area contributed by atoms with Crippen LogP contribution in [0.1, 0.15) is 29.4 Å². The van der Waals surface area contributed by atoms with E-state index in [1.165, 1.54) is 18.3 Å². The molecule has 3 aromatic carbocycles. The predicted molar refractivity (Wildman–Crippen MR) is 158 cm³/mol. The lowest BCUT2D eigenvalue weighted by atomic mass is 10.1. The Balaban J connectivity index is 1.55. The van der Waals surface area contributed by atoms with E-state index < -0.39 is 22.5 Å². The van der Waals surface area contributed by atoms with Crippen molar-refractivity contribution in [3.8, 4) is 5.69 Å². The number of aromatic nitrogens is 1. The second kappa shape index (κ2) is 12.1. The molecule has 7 nitrogen and oxygen atoms in total. The number of carbonyl (C=O) groups excluding carboxylic acids is 1. The molecule has 0 aliphatic carbocycles. The average molecular weight is 584 g/mol. The van der Waals surface area contributed by atoms with Crippen LogP contribution in [0.15, 0.2) is 88.9 Å². The molecule has 0 aliphatic heterocycles. The van der Waals surface area contributed by atoms with Crippen molar-refractivity contribution in [2.45, 2.75) is 32.1 Å². The number of hydrogen-bond acceptors (Lipinski definition) is 4. The first-order valence-corrected chi connectivity index (χ1v) is 14.4. The molecule has 202 valence electrons. The predicted octanol–water partition coefficient (Wildman–Crippen LogP) is 6.31. The number of hydrazone groups is 1. The molecule has 0 saturated heterocycles. The Morgan fingerprint density at radius 1 is 1.00 bits per heavy atom. The zero-order valence-electron chi connectivity index (χ0n) is 21.7. The highest BCUT2D eigenvalue weighted by molar-refractivity contribution is 7.92. The summed E-state index contributed by atoms with van der Waals surface area (Å²) in [6.07, 6.45) is 2.33.